The van der Waals surface area contributed by atoms with Crippen molar-refractivity contribution in [3.05, 3.63) is 69.4 Å². The zero-order chi connectivity index (χ0) is 24.1. The first kappa shape index (κ1) is 23.7. The number of rotatable bonds is 5. The third-order valence-corrected chi connectivity index (χ3v) is 5.23. The van der Waals surface area contributed by atoms with Gasteiger partial charge in [0.25, 0.3) is 11.5 Å². The summed E-state index contributed by atoms with van der Waals surface area (Å²) in [6.45, 7) is 4.34. The lowest BCUT2D eigenvalue weighted by molar-refractivity contribution is -0.118. The number of aromatic nitrogens is 4. The number of carbonyl (C=O) groups excluding carboxylic acids is 2. The number of anilines is 1. The number of primary amides is 1. The Morgan fingerprint density at radius 1 is 1.24 bits per heavy atom. The smallest absolute Gasteiger partial charge is 0.260 e. The summed E-state index contributed by atoms with van der Waals surface area (Å²) in [6.07, 6.45) is 3.94. The van der Waals surface area contributed by atoms with Crippen LogP contribution in [0.1, 0.15) is 29.9 Å². The van der Waals surface area contributed by atoms with Crippen molar-refractivity contribution in [2.75, 3.05) is 12.3 Å². The average molecular weight is 470 g/mol. The number of pyridine rings is 1. The average Bonchev–Trinajstić information content (AvgIpc) is 3.11. The molecule has 0 saturated carbocycles. The van der Waals surface area contributed by atoms with E-state index in [9.17, 15) is 14.4 Å². The van der Waals surface area contributed by atoms with Gasteiger partial charge < -0.3 is 21.4 Å². The molecule has 0 aliphatic heterocycles. The number of aryl methyl sites for hydroxylation is 1. The molecular formula is C22H24ClN7O3. The number of carbonyl (C=O) groups is 2. The first-order chi connectivity index (χ1) is 15.7. The number of nitrogens with one attached hydrogen (secondary N) is 1. The molecule has 0 spiro atoms. The van der Waals surface area contributed by atoms with Gasteiger partial charge in [0.1, 0.15) is 5.56 Å². The molecule has 1 aromatic carbocycles. The van der Waals surface area contributed by atoms with Crippen molar-refractivity contribution < 1.29 is 9.59 Å². The molecule has 5 N–H and O–H groups in total. The van der Waals surface area contributed by atoms with E-state index in [1.165, 1.54) is 11.4 Å². The van der Waals surface area contributed by atoms with Crippen LogP contribution in [0.15, 0.2) is 47.5 Å². The number of fused-ring (bicyclic) bond motifs is 2. The Balaban J connectivity index is 0.000000203. The number of amides is 2. The highest BCUT2D eigenvalue weighted by Crippen LogP contribution is 2.21. The van der Waals surface area contributed by atoms with Crippen LogP contribution in [0.3, 0.4) is 0 Å². The molecule has 4 aromatic rings. The van der Waals surface area contributed by atoms with Crippen molar-refractivity contribution in [1.29, 1.82) is 0 Å². The number of nitrogens with zero attached hydrogens (tertiary/aromatic N) is 4. The standard InChI is InChI=1S/C15H17ClN2O2.C7H7N5O/c1-3-12-9-11-5-4-6-13(16)14(11)15(20)18(12)8-7-17-10(2)19;8-5-4(6(9)13)7-10-2-1-3-12(7)11-5/h4-6,9H,3,7-8H2,1-2H3,(H,17,19);1-3H,(H2,8,11)(H2,9,13). The van der Waals surface area contributed by atoms with Gasteiger partial charge in [-0.2, -0.15) is 0 Å². The zero-order valence-corrected chi connectivity index (χ0v) is 19.0. The van der Waals surface area contributed by atoms with E-state index in [1.807, 2.05) is 25.1 Å². The quantitative estimate of drug-likeness (QED) is 0.405. The van der Waals surface area contributed by atoms with Gasteiger partial charge in [0.2, 0.25) is 5.91 Å². The Morgan fingerprint density at radius 3 is 2.67 bits per heavy atom. The molecule has 3 heterocycles. The molecular weight excluding hydrogens is 446 g/mol. The number of nitrogens with two attached hydrogens (primary N) is 2. The van der Waals surface area contributed by atoms with Gasteiger partial charge in [0.05, 0.1) is 10.4 Å². The second kappa shape index (κ2) is 10.1. The molecule has 11 heteroatoms. The minimum absolute atomic E-state index is 0.102. The van der Waals surface area contributed by atoms with Crippen LogP contribution in [-0.2, 0) is 17.8 Å². The maximum absolute atomic E-state index is 12.6. The maximum Gasteiger partial charge on any atom is 0.260 e. The van der Waals surface area contributed by atoms with E-state index in [4.69, 9.17) is 23.1 Å². The van der Waals surface area contributed by atoms with E-state index in [0.29, 0.717) is 29.1 Å². The predicted octanol–water partition coefficient (Wildman–Crippen LogP) is 1.76. The molecule has 0 aliphatic carbocycles. The number of nitrogen functional groups attached to an aromatic ring is 1. The predicted molar refractivity (Wildman–Crippen MR) is 127 cm³/mol. The minimum Gasteiger partial charge on any atom is -0.381 e. The number of benzene rings is 1. The van der Waals surface area contributed by atoms with Crippen molar-refractivity contribution in [2.45, 2.75) is 26.8 Å². The van der Waals surface area contributed by atoms with Gasteiger partial charge >= 0.3 is 0 Å². The van der Waals surface area contributed by atoms with Crippen molar-refractivity contribution in [3.63, 3.8) is 0 Å². The van der Waals surface area contributed by atoms with Crippen LogP contribution >= 0.6 is 11.6 Å². The summed E-state index contributed by atoms with van der Waals surface area (Å²) in [5, 5.41) is 8.42. The summed E-state index contributed by atoms with van der Waals surface area (Å²) in [5.74, 6) is -0.618. The summed E-state index contributed by atoms with van der Waals surface area (Å²) < 4.78 is 3.10. The van der Waals surface area contributed by atoms with Crippen molar-refractivity contribution in [3.8, 4) is 0 Å². The Hall–Kier alpha value is -3.92. The van der Waals surface area contributed by atoms with Gasteiger partial charge in [-0.25, -0.2) is 9.50 Å². The molecule has 0 unspecified atom stereocenters. The summed E-state index contributed by atoms with van der Waals surface area (Å²) in [5.41, 5.74) is 12.0. The molecule has 3 aromatic heterocycles. The molecule has 4 rings (SSSR count). The monoisotopic (exact) mass is 469 g/mol. The number of halogens is 1. The summed E-state index contributed by atoms with van der Waals surface area (Å²) in [6, 6.07) is 9.11. The second-order valence-corrected chi connectivity index (χ2v) is 7.55. The van der Waals surface area contributed by atoms with Crippen LogP contribution < -0.4 is 22.3 Å². The van der Waals surface area contributed by atoms with Crippen LogP contribution in [0.4, 0.5) is 5.82 Å². The Bertz CT molecular complexity index is 1390. The fraction of sp³-hybridized carbons (Fsp3) is 0.227. The first-order valence-electron chi connectivity index (χ1n) is 10.2. The summed E-state index contributed by atoms with van der Waals surface area (Å²) in [7, 11) is 0. The fourth-order valence-electron chi connectivity index (χ4n) is 3.43. The van der Waals surface area contributed by atoms with Gasteiger partial charge in [-0.1, -0.05) is 30.7 Å². The molecule has 172 valence electrons. The number of hydrogen-bond donors (Lipinski definition) is 3. The Labute approximate surface area is 194 Å². The lowest BCUT2D eigenvalue weighted by Gasteiger charge is -2.14. The fourth-order valence-corrected chi connectivity index (χ4v) is 3.69. The van der Waals surface area contributed by atoms with Crippen LogP contribution in [0.2, 0.25) is 5.02 Å². The van der Waals surface area contributed by atoms with Gasteiger partial charge in [0, 0.05) is 38.1 Å². The lowest BCUT2D eigenvalue weighted by Crippen LogP contribution is -2.31. The van der Waals surface area contributed by atoms with Crippen molar-refractivity contribution >= 4 is 45.7 Å². The van der Waals surface area contributed by atoms with Gasteiger partial charge in [-0.15, -0.1) is 5.10 Å². The molecule has 0 bridgehead atoms. The van der Waals surface area contributed by atoms with E-state index in [-0.39, 0.29) is 22.8 Å². The molecule has 0 saturated heterocycles. The minimum atomic E-state index is -0.619. The summed E-state index contributed by atoms with van der Waals surface area (Å²) in [4.78, 5) is 38.4. The highest BCUT2D eigenvalue weighted by Gasteiger charge is 2.15. The third kappa shape index (κ3) is 5.12. The Morgan fingerprint density at radius 2 is 2.00 bits per heavy atom. The van der Waals surface area contributed by atoms with E-state index < -0.39 is 5.91 Å². The SMILES string of the molecule is CCc1cc2cccc(Cl)c2c(=O)n1CCNC(C)=O.NC(=O)c1c(N)nn2cccnc12. The van der Waals surface area contributed by atoms with Crippen molar-refractivity contribution in [2.24, 2.45) is 5.73 Å². The zero-order valence-electron chi connectivity index (χ0n) is 18.2. The molecule has 0 atom stereocenters. The van der Waals surface area contributed by atoms with E-state index in [1.54, 1.807) is 29.1 Å². The molecule has 0 fully saturated rings. The highest BCUT2D eigenvalue weighted by atomic mass is 35.5. The van der Waals surface area contributed by atoms with Gasteiger partial charge in [-0.05, 0) is 30.0 Å². The third-order valence-electron chi connectivity index (χ3n) is 4.91. The molecule has 0 radical (unpaired) electrons. The van der Waals surface area contributed by atoms with Crippen LogP contribution in [-0.4, -0.2) is 37.5 Å². The Kier molecular flexibility index (Phi) is 7.29. The molecule has 33 heavy (non-hydrogen) atoms. The molecule has 2 amide bonds. The second-order valence-electron chi connectivity index (χ2n) is 7.15. The highest BCUT2D eigenvalue weighted by molar-refractivity contribution is 6.35. The van der Waals surface area contributed by atoms with Gasteiger partial charge in [0.15, 0.2) is 11.5 Å². The van der Waals surface area contributed by atoms with E-state index >= 15 is 0 Å². The van der Waals surface area contributed by atoms with Crippen LogP contribution in [0.25, 0.3) is 16.4 Å². The summed E-state index contributed by atoms with van der Waals surface area (Å²) >= 11 is 6.13. The van der Waals surface area contributed by atoms with E-state index in [0.717, 1.165) is 17.5 Å². The normalized spacial score (nSPS) is 10.6. The van der Waals surface area contributed by atoms with Gasteiger partial charge in [-0.3, -0.25) is 14.4 Å². The first-order valence-corrected chi connectivity index (χ1v) is 10.6. The maximum atomic E-state index is 12.6. The topological polar surface area (TPSA) is 150 Å². The molecule has 0 aliphatic rings. The van der Waals surface area contributed by atoms with Crippen molar-refractivity contribution in [1.82, 2.24) is 24.5 Å². The van der Waals surface area contributed by atoms with Crippen LogP contribution in [0.5, 0.6) is 0 Å². The van der Waals surface area contributed by atoms with Crippen LogP contribution in [0, 0.1) is 0 Å². The molecule has 10 nitrogen and oxygen atoms in total. The lowest BCUT2D eigenvalue weighted by atomic mass is 10.1. The van der Waals surface area contributed by atoms with E-state index in [2.05, 4.69) is 15.4 Å². The number of hydrogen-bond acceptors (Lipinski definition) is 6. The largest absolute Gasteiger partial charge is 0.381 e.